The summed E-state index contributed by atoms with van der Waals surface area (Å²) in [5, 5.41) is 7.61. The van der Waals surface area contributed by atoms with Gasteiger partial charge in [0.2, 0.25) is 0 Å². The van der Waals surface area contributed by atoms with Gasteiger partial charge in [-0.15, -0.1) is 0 Å². The number of nitrogens with one attached hydrogen (secondary N) is 1. The van der Waals surface area contributed by atoms with Crippen molar-refractivity contribution in [3.63, 3.8) is 0 Å². The Bertz CT molecular complexity index is 843. The van der Waals surface area contributed by atoms with Crippen LogP contribution in [-0.4, -0.2) is 74.4 Å². The number of rotatable bonds is 9. The Morgan fingerprint density at radius 3 is 2.65 bits per heavy atom. The third kappa shape index (κ3) is 6.62. The molecule has 0 atom stereocenters. The molecule has 31 heavy (non-hydrogen) atoms. The van der Waals surface area contributed by atoms with Crippen molar-refractivity contribution in [2.75, 3.05) is 53.5 Å². The predicted molar refractivity (Wildman–Crippen MR) is 122 cm³/mol. The summed E-state index contributed by atoms with van der Waals surface area (Å²) >= 11 is 0. The monoisotopic (exact) mass is 429 g/mol. The highest BCUT2D eigenvalue weighted by molar-refractivity contribution is 5.79. The lowest BCUT2D eigenvalue weighted by molar-refractivity contribution is 0.169. The maximum absolute atomic E-state index is 5.68. The molecule has 0 amide bonds. The van der Waals surface area contributed by atoms with Gasteiger partial charge in [-0.2, -0.15) is 0 Å². The van der Waals surface area contributed by atoms with Crippen LogP contribution in [0.4, 0.5) is 0 Å². The van der Waals surface area contributed by atoms with E-state index < -0.39 is 0 Å². The van der Waals surface area contributed by atoms with Crippen LogP contribution in [0.3, 0.4) is 0 Å². The van der Waals surface area contributed by atoms with Crippen LogP contribution in [0.15, 0.2) is 33.8 Å². The number of hydrogen-bond acceptors (Lipinski definition) is 6. The van der Waals surface area contributed by atoms with E-state index in [0.29, 0.717) is 6.61 Å². The summed E-state index contributed by atoms with van der Waals surface area (Å²) in [6, 6.07) is 8.16. The quantitative estimate of drug-likeness (QED) is 0.373. The summed E-state index contributed by atoms with van der Waals surface area (Å²) in [5.74, 6) is 3.43. The standard InChI is InChI=1S/C23H35N5O3/c1-5-30-22-16-19(8-9-21(22)29-4)7-6-10-25-23(24-3)28-13-11-27(12-14-28)17-20-15-18(2)31-26-20/h8-9,15-16H,5-7,10-14,17H2,1-4H3,(H,24,25). The maximum Gasteiger partial charge on any atom is 0.193 e. The Morgan fingerprint density at radius 1 is 1.19 bits per heavy atom. The molecule has 0 spiro atoms. The Labute approximate surface area is 185 Å². The lowest BCUT2D eigenvalue weighted by Crippen LogP contribution is -2.52. The molecule has 1 aromatic carbocycles. The third-order valence-electron chi connectivity index (χ3n) is 5.40. The van der Waals surface area contributed by atoms with E-state index in [9.17, 15) is 0 Å². The minimum absolute atomic E-state index is 0.628. The maximum atomic E-state index is 5.68. The van der Waals surface area contributed by atoms with E-state index >= 15 is 0 Å². The van der Waals surface area contributed by atoms with E-state index in [-0.39, 0.29) is 0 Å². The fraction of sp³-hybridized carbons (Fsp3) is 0.565. The van der Waals surface area contributed by atoms with Gasteiger partial charge in [0.15, 0.2) is 17.5 Å². The second-order valence-corrected chi connectivity index (χ2v) is 7.69. The molecule has 1 fully saturated rings. The molecule has 2 heterocycles. The number of piperazine rings is 1. The second kappa shape index (κ2) is 11.6. The molecule has 1 aliphatic heterocycles. The van der Waals surface area contributed by atoms with Crippen LogP contribution < -0.4 is 14.8 Å². The van der Waals surface area contributed by atoms with Crippen molar-refractivity contribution < 1.29 is 14.0 Å². The molecular formula is C23H35N5O3. The van der Waals surface area contributed by atoms with Gasteiger partial charge in [0, 0.05) is 52.4 Å². The lowest BCUT2D eigenvalue weighted by atomic mass is 10.1. The topological polar surface area (TPSA) is 75.4 Å². The summed E-state index contributed by atoms with van der Waals surface area (Å²) in [4.78, 5) is 9.21. The van der Waals surface area contributed by atoms with E-state index in [1.165, 1.54) is 5.56 Å². The second-order valence-electron chi connectivity index (χ2n) is 7.69. The van der Waals surface area contributed by atoms with Crippen molar-refractivity contribution in [2.24, 2.45) is 4.99 Å². The third-order valence-corrected chi connectivity index (χ3v) is 5.40. The molecule has 0 saturated carbocycles. The normalized spacial score (nSPS) is 15.2. The van der Waals surface area contributed by atoms with Crippen molar-refractivity contribution in [3.05, 3.63) is 41.3 Å². The minimum atomic E-state index is 0.628. The van der Waals surface area contributed by atoms with Gasteiger partial charge < -0.3 is 24.2 Å². The van der Waals surface area contributed by atoms with Gasteiger partial charge >= 0.3 is 0 Å². The predicted octanol–water partition coefficient (Wildman–Crippen LogP) is 2.72. The first-order valence-corrected chi connectivity index (χ1v) is 11.0. The number of guanidine groups is 1. The van der Waals surface area contributed by atoms with Gasteiger partial charge in [-0.1, -0.05) is 11.2 Å². The molecule has 1 N–H and O–H groups in total. The summed E-state index contributed by atoms with van der Waals surface area (Å²) in [5.41, 5.74) is 2.25. The Kier molecular flexibility index (Phi) is 8.58. The van der Waals surface area contributed by atoms with Crippen LogP contribution in [0.5, 0.6) is 11.5 Å². The molecule has 1 saturated heterocycles. The highest BCUT2D eigenvalue weighted by atomic mass is 16.5. The zero-order valence-corrected chi connectivity index (χ0v) is 19.2. The van der Waals surface area contributed by atoms with Gasteiger partial charge in [0.25, 0.3) is 0 Å². The van der Waals surface area contributed by atoms with Crippen LogP contribution in [0, 0.1) is 6.92 Å². The first-order chi connectivity index (χ1) is 15.1. The zero-order chi connectivity index (χ0) is 22.1. The van der Waals surface area contributed by atoms with Crippen molar-refractivity contribution in [1.29, 1.82) is 0 Å². The summed E-state index contributed by atoms with van der Waals surface area (Å²) in [6.45, 7) is 10.1. The SMILES string of the molecule is CCOc1cc(CCCNC(=NC)N2CCN(Cc3cc(C)on3)CC2)ccc1OC. The van der Waals surface area contributed by atoms with Crippen LogP contribution in [-0.2, 0) is 13.0 Å². The van der Waals surface area contributed by atoms with Gasteiger partial charge in [0.1, 0.15) is 5.76 Å². The van der Waals surface area contributed by atoms with Crippen LogP contribution in [0.25, 0.3) is 0 Å². The van der Waals surface area contributed by atoms with E-state index in [1.807, 2.05) is 33.0 Å². The average molecular weight is 430 g/mol. The lowest BCUT2D eigenvalue weighted by Gasteiger charge is -2.36. The number of methoxy groups -OCH3 is 1. The number of nitrogens with zero attached hydrogens (tertiary/aromatic N) is 4. The van der Waals surface area contributed by atoms with Crippen LogP contribution >= 0.6 is 0 Å². The fourth-order valence-corrected chi connectivity index (χ4v) is 3.81. The zero-order valence-electron chi connectivity index (χ0n) is 19.2. The molecule has 0 aliphatic carbocycles. The van der Waals surface area contributed by atoms with E-state index in [0.717, 1.165) is 81.0 Å². The van der Waals surface area contributed by atoms with E-state index in [4.69, 9.17) is 14.0 Å². The van der Waals surface area contributed by atoms with Gasteiger partial charge in [-0.3, -0.25) is 9.89 Å². The van der Waals surface area contributed by atoms with Gasteiger partial charge in [-0.25, -0.2) is 0 Å². The molecule has 170 valence electrons. The number of aryl methyl sites for hydroxylation is 2. The molecule has 8 nitrogen and oxygen atoms in total. The molecule has 0 bridgehead atoms. The Hall–Kier alpha value is -2.74. The summed E-state index contributed by atoms with van der Waals surface area (Å²) < 4.78 is 16.2. The number of ether oxygens (including phenoxy) is 2. The number of hydrogen-bond donors (Lipinski definition) is 1. The molecule has 1 aliphatic rings. The first kappa shape index (κ1) is 22.9. The summed E-state index contributed by atoms with van der Waals surface area (Å²) in [7, 11) is 3.52. The minimum Gasteiger partial charge on any atom is -0.493 e. The van der Waals surface area contributed by atoms with Crippen molar-refractivity contribution >= 4 is 5.96 Å². The van der Waals surface area contributed by atoms with Gasteiger partial charge in [-0.05, 0) is 44.4 Å². The molecule has 3 rings (SSSR count). The molecule has 1 aromatic heterocycles. The summed E-state index contributed by atoms with van der Waals surface area (Å²) in [6.07, 6.45) is 1.99. The fourth-order valence-electron chi connectivity index (χ4n) is 3.81. The largest absolute Gasteiger partial charge is 0.493 e. The Balaban J connectivity index is 1.40. The molecule has 2 aromatic rings. The highest BCUT2D eigenvalue weighted by Crippen LogP contribution is 2.28. The molecule has 0 radical (unpaired) electrons. The van der Waals surface area contributed by atoms with E-state index in [2.05, 4.69) is 37.4 Å². The van der Waals surface area contributed by atoms with Crippen LogP contribution in [0.1, 0.15) is 30.4 Å². The van der Waals surface area contributed by atoms with Gasteiger partial charge in [0.05, 0.1) is 19.4 Å². The van der Waals surface area contributed by atoms with Crippen LogP contribution in [0.2, 0.25) is 0 Å². The molecule has 8 heteroatoms. The van der Waals surface area contributed by atoms with Crippen molar-refractivity contribution in [2.45, 2.75) is 33.2 Å². The Morgan fingerprint density at radius 2 is 2.00 bits per heavy atom. The smallest absolute Gasteiger partial charge is 0.193 e. The van der Waals surface area contributed by atoms with Crippen molar-refractivity contribution in [1.82, 2.24) is 20.3 Å². The number of aliphatic imine (C=N–C) groups is 1. The number of benzene rings is 1. The average Bonchev–Trinajstić information content (AvgIpc) is 3.19. The van der Waals surface area contributed by atoms with Crippen molar-refractivity contribution in [3.8, 4) is 11.5 Å². The van der Waals surface area contributed by atoms with E-state index in [1.54, 1.807) is 7.11 Å². The number of aromatic nitrogens is 1. The highest BCUT2D eigenvalue weighted by Gasteiger charge is 2.20. The first-order valence-electron chi connectivity index (χ1n) is 11.0. The molecular weight excluding hydrogens is 394 g/mol. The molecule has 0 unspecified atom stereocenters.